The van der Waals surface area contributed by atoms with Gasteiger partial charge in [0.25, 0.3) is 0 Å². The molecular weight excluding hydrogens is 96.1 g/mol. The SMILES string of the molecule is NC1=[NH+]CCS1. The first-order valence-corrected chi connectivity index (χ1v) is 2.87. The van der Waals surface area contributed by atoms with Crippen LogP contribution in [0.1, 0.15) is 0 Å². The quantitative estimate of drug-likeness (QED) is 0.377. The minimum absolute atomic E-state index is 0.870. The van der Waals surface area contributed by atoms with Gasteiger partial charge in [-0.25, -0.2) is 0 Å². The lowest BCUT2D eigenvalue weighted by Crippen LogP contribution is -2.71. The number of nitrogens with two attached hydrogens (primary N) is 1. The molecule has 1 aliphatic heterocycles. The van der Waals surface area contributed by atoms with Crippen molar-refractivity contribution in [1.82, 2.24) is 0 Å². The third-order valence-electron chi connectivity index (χ3n) is 0.659. The minimum atomic E-state index is 0.870. The van der Waals surface area contributed by atoms with Crippen LogP contribution in [0.15, 0.2) is 0 Å². The lowest BCUT2D eigenvalue weighted by Gasteiger charge is -1.69. The van der Waals surface area contributed by atoms with E-state index in [0.717, 1.165) is 17.5 Å². The second kappa shape index (κ2) is 1.51. The van der Waals surface area contributed by atoms with Crippen molar-refractivity contribution in [3.8, 4) is 0 Å². The monoisotopic (exact) mass is 103 g/mol. The number of amidine groups is 1. The Hall–Kier alpha value is -0.180. The Labute approximate surface area is 40.8 Å². The fourth-order valence-corrected chi connectivity index (χ4v) is 1.01. The highest BCUT2D eigenvalue weighted by Gasteiger charge is 2.04. The Morgan fingerprint density at radius 2 is 2.67 bits per heavy atom. The second-order valence-corrected chi connectivity index (χ2v) is 2.28. The van der Waals surface area contributed by atoms with E-state index in [0.29, 0.717) is 0 Å². The van der Waals surface area contributed by atoms with Crippen LogP contribution in [0.4, 0.5) is 0 Å². The summed E-state index contributed by atoms with van der Waals surface area (Å²) in [5.41, 5.74) is 5.30. The van der Waals surface area contributed by atoms with Gasteiger partial charge in [-0.1, -0.05) is 0 Å². The van der Waals surface area contributed by atoms with Gasteiger partial charge in [0.05, 0.1) is 6.54 Å². The third-order valence-corrected chi connectivity index (χ3v) is 1.52. The summed E-state index contributed by atoms with van der Waals surface area (Å²) in [7, 11) is 0. The third kappa shape index (κ3) is 0.653. The summed E-state index contributed by atoms with van der Waals surface area (Å²) in [5, 5.41) is 0.870. The molecule has 0 saturated carbocycles. The van der Waals surface area contributed by atoms with Gasteiger partial charge in [-0.15, -0.1) is 0 Å². The lowest BCUT2D eigenvalue weighted by molar-refractivity contribution is -0.445. The van der Waals surface area contributed by atoms with Crippen LogP contribution in [0.25, 0.3) is 0 Å². The molecule has 0 amide bonds. The van der Waals surface area contributed by atoms with E-state index in [9.17, 15) is 0 Å². The van der Waals surface area contributed by atoms with Crippen molar-refractivity contribution in [2.24, 2.45) is 5.73 Å². The number of hydrogen-bond acceptors (Lipinski definition) is 2. The normalized spacial score (nSPS) is 21.0. The molecule has 0 saturated heterocycles. The van der Waals surface area contributed by atoms with Crippen molar-refractivity contribution in [2.75, 3.05) is 12.3 Å². The molecule has 0 aromatic carbocycles. The Morgan fingerprint density at radius 3 is 2.83 bits per heavy atom. The maximum absolute atomic E-state index is 5.30. The molecule has 34 valence electrons. The largest absolute Gasteiger partial charge is 0.302 e. The van der Waals surface area contributed by atoms with Gasteiger partial charge in [0.2, 0.25) is 0 Å². The summed E-state index contributed by atoms with van der Waals surface area (Å²) >= 11 is 1.68. The van der Waals surface area contributed by atoms with Crippen LogP contribution in [0.5, 0.6) is 0 Å². The summed E-state index contributed by atoms with van der Waals surface area (Å²) in [6.07, 6.45) is 0. The standard InChI is InChI=1S/C3H6N2S/c4-3-5-1-2-6-3/h1-2H2,(H2,4,5)/p+1. The molecular formula is C3H7N2S+. The predicted molar refractivity (Wildman–Crippen MR) is 27.5 cm³/mol. The molecule has 0 atom stereocenters. The molecule has 3 N–H and O–H groups in total. The van der Waals surface area contributed by atoms with Crippen LogP contribution in [0.3, 0.4) is 0 Å². The zero-order valence-electron chi connectivity index (χ0n) is 3.40. The van der Waals surface area contributed by atoms with Crippen molar-refractivity contribution in [3.05, 3.63) is 0 Å². The highest BCUT2D eigenvalue weighted by molar-refractivity contribution is 8.13. The molecule has 3 heteroatoms. The van der Waals surface area contributed by atoms with Crippen molar-refractivity contribution in [2.45, 2.75) is 0 Å². The van der Waals surface area contributed by atoms with E-state index in [1.54, 1.807) is 11.8 Å². The molecule has 1 heterocycles. The predicted octanol–water partition coefficient (Wildman–Crippen LogP) is -1.87. The fourth-order valence-electron chi connectivity index (χ4n) is 0.386. The first kappa shape index (κ1) is 3.99. The van der Waals surface area contributed by atoms with Crippen molar-refractivity contribution >= 4 is 16.9 Å². The van der Waals surface area contributed by atoms with Crippen LogP contribution < -0.4 is 10.7 Å². The molecule has 6 heavy (non-hydrogen) atoms. The van der Waals surface area contributed by atoms with Gasteiger partial charge in [-0.2, -0.15) is 0 Å². The fraction of sp³-hybridized carbons (Fsp3) is 0.667. The van der Waals surface area contributed by atoms with Gasteiger partial charge in [0.1, 0.15) is 0 Å². The van der Waals surface area contributed by atoms with E-state index in [4.69, 9.17) is 5.73 Å². The lowest BCUT2D eigenvalue weighted by atomic mass is 10.8. The number of hydrogen-bond donors (Lipinski definition) is 2. The molecule has 1 rings (SSSR count). The average Bonchev–Trinajstić information content (AvgIpc) is 1.86. The van der Waals surface area contributed by atoms with Gasteiger partial charge in [0, 0.05) is 5.75 Å². The first-order valence-electron chi connectivity index (χ1n) is 1.89. The highest BCUT2D eigenvalue weighted by atomic mass is 32.2. The summed E-state index contributed by atoms with van der Waals surface area (Å²) in [4.78, 5) is 2.98. The molecule has 0 fully saturated rings. The van der Waals surface area contributed by atoms with Gasteiger partial charge in [0.15, 0.2) is 0 Å². The number of thioether (sulfide) groups is 1. The maximum atomic E-state index is 5.30. The van der Waals surface area contributed by atoms with Crippen molar-refractivity contribution in [3.63, 3.8) is 0 Å². The maximum Gasteiger partial charge on any atom is 0.302 e. The topological polar surface area (TPSA) is 40.0 Å². The van der Waals surface area contributed by atoms with Crippen LogP contribution in [0, 0.1) is 0 Å². The van der Waals surface area contributed by atoms with E-state index >= 15 is 0 Å². The molecule has 0 aromatic heterocycles. The molecule has 0 spiro atoms. The zero-order chi connectivity index (χ0) is 4.41. The van der Waals surface area contributed by atoms with Gasteiger partial charge in [-0.05, 0) is 11.8 Å². The van der Waals surface area contributed by atoms with E-state index in [-0.39, 0.29) is 0 Å². The van der Waals surface area contributed by atoms with Crippen LogP contribution in [-0.2, 0) is 0 Å². The minimum Gasteiger partial charge on any atom is -0.282 e. The van der Waals surface area contributed by atoms with Crippen LogP contribution in [0.2, 0.25) is 0 Å². The summed E-state index contributed by atoms with van der Waals surface area (Å²) in [5.74, 6) is 1.13. The number of nitrogens with one attached hydrogen (secondary N) is 1. The molecule has 0 radical (unpaired) electrons. The highest BCUT2D eigenvalue weighted by Crippen LogP contribution is 1.93. The van der Waals surface area contributed by atoms with E-state index < -0.39 is 0 Å². The van der Waals surface area contributed by atoms with Gasteiger partial charge < -0.3 is 0 Å². The van der Waals surface area contributed by atoms with Crippen molar-refractivity contribution in [1.29, 1.82) is 0 Å². The molecule has 0 aliphatic carbocycles. The Morgan fingerprint density at radius 1 is 1.83 bits per heavy atom. The summed E-state index contributed by atoms with van der Waals surface area (Å²) in [6.45, 7) is 1.04. The van der Waals surface area contributed by atoms with Crippen LogP contribution >= 0.6 is 11.8 Å². The van der Waals surface area contributed by atoms with E-state index in [1.165, 1.54) is 0 Å². The van der Waals surface area contributed by atoms with Gasteiger partial charge >= 0.3 is 5.17 Å². The molecule has 2 nitrogen and oxygen atoms in total. The van der Waals surface area contributed by atoms with Gasteiger partial charge in [-0.3, -0.25) is 10.7 Å². The van der Waals surface area contributed by atoms with Crippen molar-refractivity contribution < 1.29 is 4.99 Å². The molecule has 1 aliphatic rings. The Bertz CT molecular complexity index is 78.9. The Balaban J connectivity index is 2.45. The van der Waals surface area contributed by atoms with Crippen LogP contribution in [-0.4, -0.2) is 17.5 Å². The molecule has 0 bridgehead atoms. The van der Waals surface area contributed by atoms with E-state index in [1.807, 2.05) is 0 Å². The summed E-state index contributed by atoms with van der Waals surface area (Å²) in [6, 6.07) is 0. The van der Waals surface area contributed by atoms with E-state index in [2.05, 4.69) is 4.99 Å². The Kier molecular flexibility index (Phi) is 1.01. The zero-order valence-corrected chi connectivity index (χ0v) is 4.22. The first-order chi connectivity index (χ1) is 2.89. The number of rotatable bonds is 0. The smallest absolute Gasteiger partial charge is 0.282 e. The molecule has 0 unspecified atom stereocenters. The summed E-state index contributed by atoms with van der Waals surface area (Å²) < 4.78 is 0. The molecule has 0 aromatic rings. The average molecular weight is 103 g/mol. The second-order valence-electron chi connectivity index (χ2n) is 1.14.